The molecule has 0 spiro atoms. The number of hydrogen-bond donors (Lipinski definition) is 0. The summed E-state index contributed by atoms with van der Waals surface area (Å²) in [5, 5.41) is 0.627. The lowest BCUT2D eigenvalue weighted by atomic mass is 10.1. The van der Waals surface area contributed by atoms with Crippen LogP contribution >= 0.6 is 11.6 Å². The van der Waals surface area contributed by atoms with E-state index in [4.69, 9.17) is 16.6 Å². The second-order valence-corrected chi connectivity index (χ2v) is 7.73. The van der Waals surface area contributed by atoms with Crippen molar-refractivity contribution >= 4 is 34.2 Å². The highest BCUT2D eigenvalue weighted by atomic mass is 35.5. The van der Waals surface area contributed by atoms with Crippen LogP contribution in [0.25, 0.3) is 11.0 Å². The monoisotopic (exact) mass is 402 g/mol. The molecule has 29 heavy (non-hydrogen) atoms. The van der Waals surface area contributed by atoms with E-state index in [1.807, 2.05) is 59.6 Å². The molecule has 0 saturated carbocycles. The maximum atomic E-state index is 12.8. The van der Waals surface area contributed by atoms with Crippen LogP contribution in [0.1, 0.15) is 23.7 Å². The van der Waals surface area contributed by atoms with Crippen LogP contribution in [0.2, 0.25) is 5.02 Å². The maximum absolute atomic E-state index is 12.8. The van der Waals surface area contributed by atoms with Crippen LogP contribution in [0.3, 0.4) is 0 Å². The molecule has 1 aliphatic rings. The SMILES string of the molecule is O=C1CC(c2nc3ccccc3n2Cc2cccnc2)CN1c1cccc(Cl)c1. The van der Waals surface area contributed by atoms with E-state index < -0.39 is 0 Å². The summed E-state index contributed by atoms with van der Waals surface area (Å²) >= 11 is 6.13. The molecule has 0 bridgehead atoms. The van der Waals surface area contributed by atoms with Crippen molar-refractivity contribution < 1.29 is 4.79 Å². The Kier molecular flexibility index (Phi) is 4.52. The second kappa shape index (κ2) is 7.33. The van der Waals surface area contributed by atoms with Gasteiger partial charge in [0.15, 0.2) is 0 Å². The van der Waals surface area contributed by atoms with Crippen molar-refractivity contribution in [2.45, 2.75) is 18.9 Å². The summed E-state index contributed by atoms with van der Waals surface area (Å²) in [5.41, 5.74) is 3.95. The zero-order chi connectivity index (χ0) is 19.8. The summed E-state index contributed by atoms with van der Waals surface area (Å²) in [4.78, 5) is 23.7. The van der Waals surface area contributed by atoms with Crippen LogP contribution < -0.4 is 4.90 Å². The van der Waals surface area contributed by atoms with Crippen LogP contribution in [0.5, 0.6) is 0 Å². The third kappa shape index (κ3) is 3.38. The summed E-state index contributed by atoms with van der Waals surface area (Å²) in [5.74, 6) is 1.05. The fourth-order valence-corrected chi connectivity index (χ4v) is 4.20. The Balaban J connectivity index is 1.53. The molecule has 5 rings (SSSR count). The van der Waals surface area contributed by atoms with Gasteiger partial charge in [0.05, 0.1) is 17.6 Å². The van der Waals surface area contributed by atoms with Gasteiger partial charge in [0.2, 0.25) is 5.91 Å². The number of carbonyl (C=O) groups excluding carboxylic acids is 1. The first-order valence-electron chi connectivity index (χ1n) is 9.59. The van der Waals surface area contributed by atoms with E-state index in [-0.39, 0.29) is 11.8 Å². The number of para-hydroxylation sites is 2. The summed E-state index contributed by atoms with van der Waals surface area (Å²) in [7, 11) is 0. The quantitative estimate of drug-likeness (QED) is 0.499. The minimum atomic E-state index is 0.0190. The first-order chi connectivity index (χ1) is 14.2. The van der Waals surface area contributed by atoms with E-state index in [1.165, 1.54) is 0 Å². The van der Waals surface area contributed by atoms with Gasteiger partial charge in [-0.25, -0.2) is 4.98 Å². The molecule has 0 aliphatic carbocycles. The molecule has 4 aromatic rings. The topological polar surface area (TPSA) is 51.0 Å². The summed E-state index contributed by atoms with van der Waals surface area (Å²) in [6.45, 7) is 1.26. The summed E-state index contributed by atoms with van der Waals surface area (Å²) in [6, 6.07) is 19.5. The predicted octanol–water partition coefficient (Wildman–Crippen LogP) is 4.65. The maximum Gasteiger partial charge on any atom is 0.227 e. The first-order valence-corrected chi connectivity index (χ1v) is 9.97. The van der Waals surface area contributed by atoms with Gasteiger partial charge in [0, 0.05) is 42.0 Å². The van der Waals surface area contributed by atoms with Gasteiger partial charge in [0.1, 0.15) is 5.82 Å². The fourth-order valence-electron chi connectivity index (χ4n) is 4.02. The van der Waals surface area contributed by atoms with Gasteiger partial charge in [-0.15, -0.1) is 0 Å². The fraction of sp³-hybridized carbons (Fsp3) is 0.174. The van der Waals surface area contributed by atoms with Gasteiger partial charge >= 0.3 is 0 Å². The number of anilines is 1. The number of amides is 1. The third-order valence-corrected chi connectivity index (χ3v) is 5.59. The highest BCUT2D eigenvalue weighted by molar-refractivity contribution is 6.30. The lowest BCUT2D eigenvalue weighted by molar-refractivity contribution is -0.117. The smallest absolute Gasteiger partial charge is 0.227 e. The molecule has 1 atom stereocenters. The molecular weight excluding hydrogens is 384 g/mol. The minimum Gasteiger partial charge on any atom is -0.323 e. The van der Waals surface area contributed by atoms with Gasteiger partial charge < -0.3 is 9.47 Å². The number of benzene rings is 2. The Hall–Kier alpha value is -3.18. The molecule has 2 aromatic carbocycles. The lowest BCUT2D eigenvalue weighted by Gasteiger charge is -2.17. The molecule has 144 valence electrons. The number of carbonyl (C=O) groups is 1. The van der Waals surface area contributed by atoms with Crippen LogP contribution in [0.15, 0.2) is 73.1 Å². The van der Waals surface area contributed by atoms with Crippen molar-refractivity contribution in [1.82, 2.24) is 14.5 Å². The van der Waals surface area contributed by atoms with E-state index in [0.29, 0.717) is 24.5 Å². The van der Waals surface area contributed by atoms with E-state index in [2.05, 4.69) is 21.7 Å². The lowest BCUT2D eigenvalue weighted by Crippen LogP contribution is -2.24. The minimum absolute atomic E-state index is 0.0190. The number of rotatable bonds is 4. The molecule has 0 N–H and O–H groups in total. The van der Waals surface area contributed by atoms with Crippen LogP contribution in [-0.2, 0) is 11.3 Å². The zero-order valence-corrected chi connectivity index (χ0v) is 16.5. The third-order valence-electron chi connectivity index (χ3n) is 5.36. The van der Waals surface area contributed by atoms with E-state index in [9.17, 15) is 4.79 Å². The number of imidazole rings is 1. The molecule has 2 aromatic heterocycles. The molecule has 1 unspecified atom stereocenters. The highest BCUT2D eigenvalue weighted by Crippen LogP contribution is 2.34. The van der Waals surface area contributed by atoms with Crippen molar-refractivity contribution in [2.24, 2.45) is 0 Å². The number of nitrogens with zero attached hydrogens (tertiary/aromatic N) is 4. The Bertz CT molecular complexity index is 1190. The van der Waals surface area contributed by atoms with Crippen LogP contribution in [0, 0.1) is 0 Å². The highest BCUT2D eigenvalue weighted by Gasteiger charge is 2.34. The molecule has 6 heteroatoms. The van der Waals surface area contributed by atoms with Crippen LogP contribution in [-0.4, -0.2) is 27.0 Å². The number of pyridine rings is 1. The molecular formula is C23H19ClN4O. The Morgan fingerprint density at radius 2 is 1.97 bits per heavy atom. The van der Waals surface area contributed by atoms with Gasteiger partial charge in [-0.3, -0.25) is 9.78 Å². The van der Waals surface area contributed by atoms with Crippen molar-refractivity contribution in [3.63, 3.8) is 0 Å². The molecule has 1 fully saturated rings. The molecule has 1 aliphatic heterocycles. The number of aromatic nitrogens is 3. The standard InChI is InChI=1S/C23H19ClN4O/c24-18-6-3-7-19(12-18)27-15-17(11-22(27)29)23-26-20-8-1-2-9-21(20)28(23)14-16-5-4-10-25-13-16/h1-10,12-13,17H,11,14-15H2. The average molecular weight is 403 g/mol. The van der Waals surface area contributed by atoms with Gasteiger partial charge in [-0.05, 0) is 42.0 Å². The van der Waals surface area contributed by atoms with Gasteiger partial charge in [-0.2, -0.15) is 0 Å². The van der Waals surface area contributed by atoms with Crippen molar-refractivity contribution in [3.05, 3.63) is 89.5 Å². The van der Waals surface area contributed by atoms with E-state index in [1.54, 1.807) is 6.20 Å². The summed E-state index contributed by atoms with van der Waals surface area (Å²) in [6.07, 6.45) is 4.08. The average Bonchev–Trinajstić information content (AvgIpc) is 3.30. The normalized spacial score (nSPS) is 16.7. The van der Waals surface area contributed by atoms with E-state index in [0.717, 1.165) is 28.1 Å². The Labute approximate surface area is 173 Å². The Morgan fingerprint density at radius 1 is 1.07 bits per heavy atom. The first kappa shape index (κ1) is 17.9. The number of fused-ring (bicyclic) bond motifs is 1. The second-order valence-electron chi connectivity index (χ2n) is 7.29. The van der Waals surface area contributed by atoms with Crippen molar-refractivity contribution in [2.75, 3.05) is 11.4 Å². The number of hydrogen-bond acceptors (Lipinski definition) is 3. The summed E-state index contributed by atoms with van der Waals surface area (Å²) < 4.78 is 2.21. The molecule has 1 saturated heterocycles. The van der Waals surface area contributed by atoms with Crippen molar-refractivity contribution in [1.29, 1.82) is 0 Å². The van der Waals surface area contributed by atoms with E-state index >= 15 is 0 Å². The molecule has 1 amide bonds. The van der Waals surface area contributed by atoms with Gasteiger partial charge in [-0.1, -0.05) is 35.9 Å². The van der Waals surface area contributed by atoms with Gasteiger partial charge in [0.25, 0.3) is 0 Å². The van der Waals surface area contributed by atoms with Crippen molar-refractivity contribution in [3.8, 4) is 0 Å². The predicted molar refractivity (Wildman–Crippen MR) is 114 cm³/mol. The number of halogens is 1. The molecule has 3 heterocycles. The van der Waals surface area contributed by atoms with Crippen LogP contribution in [0.4, 0.5) is 5.69 Å². The molecule has 0 radical (unpaired) electrons. The Morgan fingerprint density at radius 3 is 2.79 bits per heavy atom. The largest absolute Gasteiger partial charge is 0.323 e. The molecule has 5 nitrogen and oxygen atoms in total. The zero-order valence-electron chi connectivity index (χ0n) is 15.7.